The quantitative estimate of drug-likeness (QED) is 0.214. The Hall–Kier alpha value is -3.56. The van der Waals surface area contributed by atoms with Gasteiger partial charge in [0, 0.05) is 34.9 Å². The number of aliphatic hydroxyl groups excluding tert-OH is 1. The van der Waals surface area contributed by atoms with E-state index >= 15 is 0 Å². The molecule has 9 heteroatoms. The molecule has 0 unspecified atom stereocenters. The number of ether oxygens (including phenoxy) is 1. The number of nitrogen functional groups attached to an aromatic ring is 1. The van der Waals surface area contributed by atoms with Crippen molar-refractivity contribution in [3.63, 3.8) is 0 Å². The lowest BCUT2D eigenvalue weighted by Gasteiger charge is -2.32. The standard InChI is InChI=1S/C29H33N3O6/c1-2-29(37)21-14-23-27-17(15-32(23)28(36)19(21)8-11-25(29)35)13-20-22(31-27)9-10-24(26(20)30)38-12-6-4-3-5-7-18(34)16-33/h9-10,13-14,33,37H,2-8,11-12,15-16,30H2,1H3/t29-/m0/s1. The summed E-state index contributed by atoms with van der Waals surface area (Å²) in [7, 11) is 0. The molecule has 9 nitrogen and oxygen atoms in total. The minimum absolute atomic E-state index is 0.129. The van der Waals surface area contributed by atoms with E-state index in [2.05, 4.69) is 0 Å². The number of pyridine rings is 2. The van der Waals surface area contributed by atoms with Gasteiger partial charge in [0.05, 0.1) is 35.7 Å². The maximum atomic E-state index is 13.4. The van der Waals surface area contributed by atoms with Crippen molar-refractivity contribution < 1.29 is 24.5 Å². The van der Waals surface area contributed by atoms with Gasteiger partial charge in [-0.3, -0.25) is 14.4 Å². The summed E-state index contributed by atoms with van der Waals surface area (Å²) in [6, 6.07) is 7.34. The van der Waals surface area contributed by atoms with Gasteiger partial charge in [-0.1, -0.05) is 19.8 Å². The van der Waals surface area contributed by atoms with Gasteiger partial charge in [0.2, 0.25) is 0 Å². The topological polar surface area (TPSA) is 145 Å². The average Bonchev–Trinajstić information content (AvgIpc) is 3.28. The van der Waals surface area contributed by atoms with E-state index in [0.717, 1.165) is 36.6 Å². The number of ketones is 2. The molecule has 0 spiro atoms. The van der Waals surface area contributed by atoms with Crippen LogP contribution in [0.4, 0.5) is 5.69 Å². The molecule has 0 saturated carbocycles. The fraction of sp³-hybridized carbons (Fsp3) is 0.448. The Labute approximate surface area is 220 Å². The summed E-state index contributed by atoms with van der Waals surface area (Å²) in [4.78, 5) is 42.0. The van der Waals surface area contributed by atoms with Crippen LogP contribution in [0.5, 0.6) is 5.75 Å². The number of anilines is 1. The number of aliphatic hydroxyl groups is 2. The fourth-order valence-electron chi connectivity index (χ4n) is 5.60. The van der Waals surface area contributed by atoms with Crippen LogP contribution in [-0.4, -0.2) is 44.5 Å². The van der Waals surface area contributed by atoms with Gasteiger partial charge in [-0.15, -0.1) is 0 Å². The number of hydrogen-bond acceptors (Lipinski definition) is 8. The van der Waals surface area contributed by atoms with Crippen LogP contribution in [0.25, 0.3) is 22.3 Å². The van der Waals surface area contributed by atoms with E-state index in [1.165, 1.54) is 0 Å². The van der Waals surface area contributed by atoms with Crippen molar-refractivity contribution in [2.24, 2.45) is 0 Å². The molecule has 200 valence electrons. The smallest absolute Gasteiger partial charge is 0.254 e. The van der Waals surface area contributed by atoms with Crippen LogP contribution in [0.3, 0.4) is 0 Å². The predicted octanol–water partition coefficient (Wildman–Crippen LogP) is 3.01. The van der Waals surface area contributed by atoms with Crippen LogP contribution >= 0.6 is 0 Å². The molecule has 0 fully saturated rings. The second-order valence-corrected chi connectivity index (χ2v) is 10.2. The number of aromatic nitrogens is 2. The summed E-state index contributed by atoms with van der Waals surface area (Å²) >= 11 is 0. The molecule has 0 radical (unpaired) electrons. The Morgan fingerprint density at radius 2 is 1.95 bits per heavy atom. The maximum absolute atomic E-state index is 13.4. The zero-order chi connectivity index (χ0) is 27.0. The molecule has 3 heterocycles. The van der Waals surface area contributed by atoms with Gasteiger partial charge < -0.3 is 25.3 Å². The number of carbonyl (C=O) groups is 2. The maximum Gasteiger partial charge on any atom is 0.254 e. The van der Waals surface area contributed by atoms with E-state index in [-0.39, 0.29) is 30.0 Å². The molecule has 5 rings (SSSR count). The first-order chi connectivity index (χ1) is 18.3. The van der Waals surface area contributed by atoms with E-state index in [1.54, 1.807) is 23.6 Å². The molecular weight excluding hydrogens is 486 g/mol. The number of hydrogen-bond donors (Lipinski definition) is 3. The number of Topliss-reactive ketones (excluding diaryl/α,β-unsaturated/α-hetero) is 2. The number of nitrogens with zero attached hydrogens (tertiary/aromatic N) is 2. The highest BCUT2D eigenvalue weighted by Gasteiger charge is 2.43. The van der Waals surface area contributed by atoms with Gasteiger partial charge in [0.15, 0.2) is 11.6 Å². The summed E-state index contributed by atoms with van der Waals surface area (Å²) in [5.74, 6) is 0.193. The molecule has 3 aromatic rings. The summed E-state index contributed by atoms with van der Waals surface area (Å²) < 4.78 is 7.60. The highest BCUT2D eigenvalue weighted by Crippen LogP contribution is 2.40. The van der Waals surface area contributed by atoms with E-state index in [1.807, 2.05) is 12.1 Å². The van der Waals surface area contributed by atoms with Crippen molar-refractivity contribution in [1.29, 1.82) is 0 Å². The zero-order valence-corrected chi connectivity index (χ0v) is 21.6. The molecule has 4 N–H and O–H groups in total. The Morgan fingerprint density at radius 1 is 1.16 bits per heavy atom. The van der Waals surface area contributed by atoms with Crippen LogP contribution in [0.1, 0.15) is 68.6 Å². The largest absolute Gasteiger partial charge is 0.491 e. The van der Waals surface area contributed by atoms with Crippen molar-refractivity contribution in [2.75, 3.05) is 18.9 Å². The minimum Gasteiger partial charge on any atom is -0.491 e. The minimum atomic E-state index is -1.64. The van der Waals surface area contributed by atoms with Crippen LogP contribution < -0.4 is 16.0 Å². The highest BCUT2D eigenvalue weighted by atomic mass is 16.5. The van der Waals surface area contributed by atoms with Crippen molar-refractivity contribution in [3.05, 3.63) is 51.3 Å². The molecule has 1 aromatic carbocycles. The number of rotatable bonds is 10. The second kappa shape index (κ2) is 10.3. The molecular formula is C29H33N3O6. The van der Waals surface area contributed by atoms with E-state index in [0.29, 0.717) is 65.5 Å². The van der Waals surface area contributed by atoms with Crippen LogP contribution in [0, 0.1) is 0 Å². The first-order valence-corrected chi connectivity index (χ1v) is 13.3. The fourth-order valence-corrected chi connectivity index (χ4v) is 5.60. The van der Waals surface area contributed by atoms with E-state index < -0.39 is 12.2 Å². The summed E-state index contributed by atoms with van der Waals surface area (Å²) in [6.45, 7) is 2.20. The number of unbranched alkanes of at least 4 members (excludes halogenated alkanes) is 3. The van der Waals surface area contributed by atoms with Crippen LogP contribution in [-0.2, 0) is 28.2 Å². The van der Waals surface area contributed by atoms with Crippen molar-refractivity contribution in [3.8, 4) is 17.1 Å². The Balaban J connectivity index is 1.37. The molecule has 1 atom stereocenters. The lowest BCUT2D eigenvalue weighted by molar-refractivity contribution is -0.140. The van der Waals surface area contributed by atoms with Crippen LogP contribution in [0.2, 0.25) is 0 Å². The second-order valence-electron chi connectivity index (χ2n) is 10.2. The first-order valence-electron chi connectivity index (χ1n) is 13.3. The molecule has 1 aliphatic carbocycles. The third-order valence-corrected chi connectivity index (χ3v) is 7.85. The Kier molecular flexibility index (Phi) is 7.07. The van der Waals surface area contributed by atoms with Crippen molar-refractivity contribution in [2.45, 2.75) is 70.4 Å². The molecule has 2 aromatic heterocycles. The molecule has 38 heavy (non-hydrogen) atoms. The molecule has 1 aliphatic heterocycles. The van der Waals surface area contributed by atoms with E-state index in [9.17, 15) is 19.5 Å². The van der Waals surface area contributed by atoms with Gasteiger partial charge in [-0.05, 0) is 49.9 Å². The summed E-state index contributed by atoms with van der Waals surface area (Å²) in [6.07, 6.45) is 4.49. The number of benzene rings is 1. The van der Waals surface area contributed by atoms with Gasteiger partial charge in [0.1, 0.15) is 18.0 Å². The Bertz CT molecular complexity index is 1490. The molecule has 2 aliphatic rings. The number of nitrogens with two attached hydrogens (primary N) is 1. The van der Waals surface area contributed by atoms with Gasteiger partial charge in [0.25, 0.3) is 5.56 Å². The summed E-state index contributed by atoms with van der Waals surface area (Å²) in [5.41, 5.74) is 8.81. The lowest BCUT2D eigenvalue weighted by Crippen LogP contribution is -2.43. The first kappa shape index (κ1) is 26.1. The molecule has 0 amide bonds. The van der Waals surface area contributed by atoms with E-state index in [4.69, 9.17) is 20.6 Å². The number of carbonyl (C=O) groups excluding carboxylic acids is 2. The SMILES string of the molecule is CC[C@@]1(O)C(=O)CCc2c1cc1n(c2=O)Cc2cc3c(N)c(OCCCCCCC(=O)CO)ccc3nc2-1. The predicted molar refractivity (Wildman–Crippen MR) is 143 cm³/mol. The van der Waals surface area contributed by atoms with Crippen LogP contribution in [0.15, 0.2) is 29.1 Å². The zero-order valence-electron chi connectivity index (χ0n) is 21.6. The van der Waals surface area contributed by atoms with Gasteiger partial charge in [-0.2, -0.15) is 0 Å². The molecule has 0 saturated heterocycles. The van der Waals surface area contributed by atoms with Gasteiger partial charge >= 0.3 is 0 Å². The van der Waals surface area contributed by atoms with Crippen molar-refractivity contribution >= 4 is 28.2 Å². The average molecular weight is 520 g/mol. The molecule has 0 bridgehead atoms. The highest BCUT2D eigenvalue weighted by molar-refractivity contribution is 5.96. The third-order valence-electron chi connectivity index (χ3n) is 7.85. The monoisotopic (exact) mass is 519 g/mol. The van der Waals surface area contributed by atoms with Gasteiger partial charge in [-0.25, -0.2) is 4.98 Å². The normalized spacial score (nSPS) is 17.8. The third kappa shape index (κ3) is 4.39. The number of fused-ring (bicyclic) bond motifs is 5. The van der Waals surface area contributed by atoms with Crippen molar-refractivity contribution in [1.82, 2.24) is 9.55 Å². The lowest BCUT2D eigenvalue weighted by atomic mass is 9.77. The summed E-state index contributed by atoms with van der Waals surface area (Å²) in [5, 5.41) is 20.7. The Morgan fingerprint density at radius 3 is 2.71 bits per heavy atom.